The number of hydrogen-bond acceptors (Lipinski definition) is 4. The Labute approximate surface area is 205 Å². The van der Waals surface area contributed by atoms with E-state index in [0.29, 0.717) is 25.6 Å². The van der Waals surface area contributed by atoms with E-state index in [1.807, 2.05) is 53.4 Å². The number of halogens is 2. The summed E-state index contributed by atoms with van der Waals surface area (Å²) in [5.74, 6) is 1.46. The molecule has 1 aliphatic rings. The van der Waals surface area contributed by atoms with Gasteiger partial charge in [-0.3, -0.25) is 9.79 Å². The second-order valence-corrected chi connectivity index (χ2v) is 7.41. The summed E-state index contributed by atoms with van der Waals surface area (Å²) in [6.07, 6.45) is 0. The molecule has 2 N–H and O–H groups in total. The van der Waals surface area contributed by atoms with Gasteiger partial charge in [0.05, 0.1) is 13.7 Å². The minimum Gasteiger partial charge on any atom is -0.497 e. The highest BCUT2D eigenvalue weighted by molar-refractivity contribution is 14.0. The van der Waals surface area contributed by atoms with Gasteiger partial charge < -0.3 is 25.2 Å². The Bertz CT molecular complexity index is 870. The number of hydrogen-bond donors (Lipinski definition) is 2. The molecule has 0 spiro atoms. The number of carbonyl (C=O) groups is 1. The zero-order valence-corrected chi connectivity index (χ0v) is 20.9. The quantitative estimate of drug-likeness (QED) is 0.325. The molecule has 1 fully saturated rings. The number of aliphatic imine (C=N–C) groups is 1. The topological polar surface area (TPSA) is 69.2 Å². The van der Waals surface area contributed by atoms with Crippen LogP contribution in [0.5, 0.6) is 5.75 Å². The molecule has 1 amide bonds. The van der Waals surface area contributed by atoms with E-state index in [1.165, 1.54) is 0 Å². The summed E-state index contributed by atoms with van der Waals surface area (Å²) in [6, 6.07) is 15.6. The predicted octanol–water partition coefficient (Wildman–Crippen LogP) is 2.98. The third-order valence-corrected chi connectivity index (χ3v) is 5.30. The van der Waals surface area contributed by atoms with Gasteiger partial charge in [0.2, 0.25) is 5.91 Å². The summed E-state index contributed by atoms with van der Waals surface area (Å²) in [7, 11) is 3.34. The number of anilines is 1. The van der Waals surface area contributed by atoms with Crippen molar-refractivity contribution in [3.63, 3.8) is 0 Å². The Morgan fingerprint density at radius 1 is 1.10 bits per heavy atom. The van der Waals surface area contributed by atoms with Crippen LogP contribution in [-0.4, -0.2) is 63.6 Å². The zero-order valence-electron chi connectivity index (χ0n) is 17.8. The standard InChI is InChI=1S/C22H28ClN5O2.HI/c1-24-22(25-15-17-4-3-5-20(14-17)30-2)26-16-21(29)28-12-10-27(11-13-28)19-8-6-18(23)7-9-19;/h3-9,14H,10-13,15-16H2,1-2H3,(H2,24,25,26);1H. The van der Waals surface area contributed by atoms with Crippen molar-refractivity contribution < 1.29 is 9.53 Å². The summed E-state index contributed by atoms with van der Waals surface area (Å²) in [5, 5.41) is 7.05. The Morgan fingerprint density at radius 2 is 1.81 bits per heavy atom. The Hall–Kier alpha value is -2.20. The molecule has 1 aliphatic heterocycles. The predicted molar refractivity (Wildman–Crippen MR) is 137 cm³/mol. The van der Waals surface area contributed by atoms with Gasteiger partial charge in [0.25, 0.3) is 0 Å². The first kappa shape index (κ1) is 25.1. The van der Waals surface area contributed by atoms with Gasteiger partial charge in [-0.15, -0.1) is 24.0 Å². The maximum Gasteiger partial charge on any atom is 0.242 e. The smallest absolute Gasteiger partial charge is 0.242 e. The van der Waals surface area contributed by atoms with Gasteiger partial charge >= 0.3 is 0 Å². The van der Waals surface area contributed by atoms with Gasteiger partial charge in [-0.25, -0.2) is 0 Å². The molecule has 0 bridgehead atoms. The average molecular weight is 558 g/mol. The van der Waals surface area contributed by atoms with E-state index in [0.717, 1.165) is 35.1 Å². The van der Waals surface area contributed by atoms with Gasteiger partial charge in [-0.1, -0.05) is 23.7 Å². The summed E-state index contributed by atoms with van der Waals surface area (Å²) in [4.78, 5) is 20.9. The number of amides is 1. The molecule has 7 nitrogen and oxygen atoms in total. The lowest BCUT2D eigenvalue weighted by molar-refractivity contribution is -0.130. The van der Waals surface area contributed by atoms with Gasteiger partial charge in [0.15, 0.2) is 5.96 Å². The molecule has 9 heteroatoms. The Morgan fingerprint density at radius 3 is 2.45 bits per heavy atom. The Balaban J connectivity index is 0.00000341. The molecule has 0 unspecified atom stereocenters. The van der Waals surface area contributed by atoms with Crippen molar-refractivity contribution in [2.75, 3.05) is 51.8 Å². The van der Waals surface area contributed by atoms with E-state index in [-0.39, 0.29) is 36.4 Å². The molecule has 2 aromatic rings. The van der Waals surface area contributed by atoms with Gasteiger partial charge in [-0.2, -0.15) is 0 Å². The first-order valence-electron chi connectivity index (χ1n) is 9.95. The van der Waals surface area contributed by atoms with Crippen molar-refractivity contribution in [3.8, 4) is 5.75 Å². The fourth-order valence-electron chi connectivity index (χ4n) is 3.33. The van der Waals surface area contributed by atoms with E-state index in [2.05, 4.69) is 20.5 Å². The molecule has 0 saturated carbocycles. The number of ether oxygens (including phenoxy) is 1. The third-order valence-electron chi connectivity index (χ3n) is 5.05. The van der Waals surface area contributed by atoms with Gasteiger partial charge in [-0.05, 0) is 42.0 Å². The highest BCUT2D eigenvalue weighted by Gasteiger charge is 2.21. The number of piperazine rings is 1. The fourth-order valence-corrected chi connectivity index (χ4v) is 3.45. The normalized spacial score (nSPS) is 14.0. The molecule has 0 atom stereocenters. The van der Waals surface area contributed by atoms with Crippen molar-refractivity contribution in [2.24, 2.45) is 4.99 Å². The minimum atomic E-state index is 0. The van der Waals surface area contributed by atoms with Crippen LogP contribution in [-0.2, 0) is 11.3 Å². The molecular weight excluding hydrogens is 529 g/mol. The second-order valence-electron chi connectivity index (χ2n) is 6.98. The van der Waals surface area contributed by atoms with Crippen molar-refractivity contribution >= 4 is 53.1 Å². The molecule has 0 aromatic heterocycles. The molecule has 0 radical (unpaired) electrons. The van der Waals surface area contributed by atoms with Crippen molar-refractivity contribution in [3.05, 3.63) is 59.1 Å². The number of carbonyl (C=O) groups excluding carboxylic acids is 1. The number of nitrogens with zero attached hydrogens (tertiary/aromatic N) is 3. The summed E-state index contributed by atoms with van der Waals surface area (Å²) in [6.45, 7) is 3.79. The molecule has 168 valence electrons. The van der Waals surface area contributed by atoms with Crippen molar-refractivity contribution in [1.82, 2.24) is 15.5 Å². The number of methoxy groups -OCH3 is 1. The monoisotopic (exact) mass is 557 g/mol. The number of guanidine groups is 1. The largest absolute Gasteiger partial charge is 0.497 e. The van der Waals surface area contributed by atoms with Crippen LogP contribution in [0.1, 0.15) is 5.56 Å². The summed E-state index contributed by atoms with van der Waals surface area (Å²) < 4.78 is 5.24. The first-order valence-corrected chi connectivity index (χ1v) is 10.3. The van der Waals surface area contributed by atoms with E-state index >= 15 is 0 Å². The molecule has 1 saturated heterocycles. The SMILES string of the molecule is CN=C(NCC(=O)N1CCN(c2ccc(Cl)cc2)CC1)NCc1cccc(OC)c1.I. The lowest BCUT2D eigenvalue weighted by Gasteiger charge is -2.36. The van der Waals surface area contributed by atoms with Crippen LogP contribution >= 0.6 is 35.6 Å². The lowest BCUT2D eigenvalue weighted by atomic mass is 10.2. The maximum atomic E-state index is 12.6. The van der Waals surface area contributed by atoms with Crippen molar-refractivity contribution in [2.45, 2.75) is 6.54 Å². The average Bonchev–Trinajstić information content (AvgIpc) is 2.80. The first-order chi connectivity index (χ1) is 14.6. The minimum absolute atomic E-state index is 0. The Kier molecular flexibility index (Phi) is 10.2. The molecular formula is C22H29ClIN5O2. The van der Waals surface area contributed by atoms with E-state index in [9.17, 15) is 4.79 Å². The van der Waals surface area contributed by atoms with Crippen LogP contribution in [0.3, 0.4) is 0 Å². The van der Waals surface area contributed by atoms with Gasteiger partial charge in [0, 0.05) is 50.5 Å². The number of nitrogens with one attached hydrogen (secondary N) is 2. The van der Waals surface area contributed by atoms with Crippen LogP contribution in [0.4, 0.5) is 5.69 Å². The van der Waals surface area contributed by atoms with Gasteiger partial charge in [0.1, 0.15) is 5.75 Å². The highest BCUT2D eigenvalue weighted by atomic mass is 127. The van der Waals surface area contributed by atoms with E-state index in [4.69, 9.17) is 16.3 Å². The summed E-state index contributed by atoms with van der Waals surface area (Å²) in [5.41, 5.74) is 2.20. The van der Waals surface area contributed by atoms with Crippen LogP contribution in [0.2, 0.25) is 5.02 Å². The van der Waals surface area contributed by atoms with Crippen LogP contribution in [0.25, 0.3) is 0 Å². The highest BCUT2D eigenvalue weighted by Crippen LogP contribution is 2.19. The van der Waals surface area contributed by atoms with E-state index < -0.39 is 0 Å². The fraction of sp³-hybridized carbons (Fsp3) is 0.364. The molecule has 3 rings (SSSR count). The van der Waals surface area contributed by atoms with E-state index in [1.54, 1.807) is 14.2 Å². The molecule has 1 heterocycles. The van der Waals surface area contributed by atoms with Crippen molar-refractivity contribution in [1.29, 1.82) is 0 Å². The maximum absolute atomic E-state index is 12.6. The number of rotatable bonds is 6. The molecule has 2 aromatic carbocycles. The molecule has 0 aliphatic carbocycles. The number of benzene rings is 2. The zero-order chi connectivity index (χ0) is 21.3. The summed E-state index contributed by atoms with van der Waals surface area (Å²) >= 11 is 5.96. The van der Waals surface area contributed by atoms with Crippen LogP contribution in [0.15, 0.2) is 53.5 Å². The molecule has 31 heavy (non-hydrogen) atoms. The third kappa shape index (κ3) is 7.46. The van der Waals surface area contributed by atoms with Crippen LogP contribution in [0, 0.1) is 0 Å². The lowest BCUT2D eigenvalue weighted by Crippen LogP contribution is -2.52. The second kappa shape index (κ2) is 12.6. The van der Waals surface area contributed by atoms with Crippen LogP contribution < -0.4 is 20.3 Å².